The fraction of sp³-hybridized carbons (Fsp3) is 0.615. The van der Waals surface area contributed by atoms with Crippen LogP contribution in [0.4, 0.5) is 0 Å². The number of hydrogen-bond donors (Lipinski definition) is 1. The predicted octanol–water partition coefficient (Wildman–Crippen LogP) is 1.71. The van der Waals surface area contributed by atoms with Crippen molar-refractivity contribution in [2.75, 3.05) is 20.2 Å². The summed E-state index contributed by atoms with van der Waals surface area (Å²) < 4.78 is 5.34. The molecular formula is C13H20N2O2. The fourth-order valence-corrected chi connectivity index (χ4v) is 2.23. The Kier molecular flexibility index (Phi) is 3.97. The number of piperidine rings is 1. The van der Waals surface area contributed by atoms with Crippen LogP contribution in [-0.2, 0) is 11.3 Å². The molecule has 1 aromatic heterocycles. The number of aryl methyl sites for hydroxylation is 1. The highest BCUT2D eigenvalue weighted by atomic mass is 16.5. The molecule has 0 aromatic carbocycles. The van der Waals surface area contributed by atoms with E-state index in [2.05, 4.69) is 9.88 Å². The Morgan fingerprint density at radius 3 is 2.76 bits per heavy atom. The van der Waals surface area contributed by atoms with Gasteiger partial charge in [-0.3, -0.25) is 9.88 Å². The van der Waals surface area contributed by atoms with E-state index >= 15 is 0 Å². The van der Waals surface area contributed by atoms with Crippen LogP contribution >= 0.6 is 0 Å². The molecule has 1 fully saturated rings. The van der Waals surface area contributed by atoms with E-state index in [4.69, 9.17) is 4.74 Å². The van der Waals surface area contributed by atoms with Crippen molar-refractivity contribution >= 4 is 0 Å². The maximum atomic E-state index is 9.75. The molecule has 2 heterocycles. The number of hydrogen-bond acceptors (Lipinski definition) is 4. The molecule has 17 heavy (non-hydrogen) atoms. The van der Waals surface area contributed by atoms with Crippen LogP contribution in [0, 0.1) is 6.92 Å². The van der Waals surface area contributed by atoms with Crippen LogP contribution in [0.25, 0.3) is 0 Å². The number of likely N-dealkylation sites (tertiary alicyclic amines) is 1. The Morgan fingerprint density at radius 2 is 2.12 bits per heavy atom. The van der Waals surface area contributed by atoms with Crippen LogP contribution in [0.2, 0.25) is 0 Å². The molecule has 94 valence electrons. The van der Waals surface area contributed by atoms with Crippen molar-refractivity contribution in [3.63, 3.8) is 0 Å². The second kappa shape index (κ2) is 5.47. The highest BCUT2D eigenvalue weighted by Gasteiger charge is 2.19. The Labute approximate surface area is 102 Å². The van der Waals surface area contributed by atoms with E-state index in [9.17, 15) is 5.11 Å². The molecule has 0 spiro atoms. The minimum absolute atomic E-state index is 0.296. The SMILES string of the molecule is COC1CCN(Cc2nc(C)ccc2O)CC1. The fourth-order valence-electron chi connectivity index (χ4n) is 2.23. The molecule has 0 atom stereocenters. The lowest BCUT2D eigenvalue weighted by atomic mass is 10.1. The van der Waals surface area contributed by atoms with Gasteiger partial charge in [0.25, 0.3) is 0 Å². The van der Waals surface area contributed by atoms with Crippen LogP contribution in [0.5, 0.6) is 5.75 Å². The number of aromatic nitrogens is 1. The highest BCUT2D eigenvalue weighted by molar-refractivity contribution is 5.27. The molecule has 1 saturated heterocycles. The van der Waals surface area contributed by atoms with E-state index < -0.39 is 0 Å². The van der Waals surface area contributed by atoms with Crippen molar-refractivity contribution in [1.82, 2.24) is 9.88 Å². The first-order chi connectivity index (χ1) is 8.19. The van der Waals surface area contributed by atoms with E-state index in [0.29, 0.717) is 11.9 Å². The maximum absolute atomic E-state index is 9.75. The number of aromatic hydroxyl groups is 1. The number of pyridine rings is 1. The van der Waals surface area contributed by atoms with Gasteiger partial charge in [-0.25, -0.2) is 0 Å². The van der Waals surface area contributed by atoms with Gasteiger partial charge < -0.3 is 9.84 Å². The number of rotatable bonds is 3. The first-order valence-corrected chi connectivity index (χ1v) is 6.09. The Hall–Kier alpha value is -1.13. The van der Waals surface area contributed by atoms with Gasteiger partial charge in [0, 0.05) is 32.4 Å². The summed E-state index contributed by atoms with van der Waals surface area (Å²) in [4.78, 5) is 6.70. The molecule has 0 radical (unpaired) electrons. The number of nitrogens with zero attached hydrogens (tertiary/aromatic N) is 2. The molecule has 1 N–H and O–H groups in total. The van der Waals surface area contributed by atoms with Gasteiger partial charge in [-0.1, -0.05) is 0 Å². The number of methoxy groups -OCH3 is 1. The molecule has 0 amide bonds. The first kappa shape index (κ1) is 12.3. The lowest BCUT2D eigenvalue weighted by Gasteiger charge is -2.30. The van der Waals surface area contributed by atoms with Crippen LogP contribution in [0.3, 0.4) is 0 Å². The molecular weight excluding hydrogens is 216 g/mol. The summed E-state index contributed by atoms with van der Waals surface area (Å²) >= 11 is 0. The van der Waals surface area contributed by atoms with Crippen LogP contribution in [-0.4, -0.2) is 41.3 Å². The second-order valence-electron chi connectivity index (χ2n) is 4.63. The van der Waals surface area contributed by atoms with E-state index in [0.717, 1.165) is 43.9 Å². The van der Waals surface area contributed by atoms with Crippen molar-refractivity contribution in [1.29, 1.82) is 0 Å². The van der Waals surface area contributed by atoms with Crippen molar-refractivity contribution < 1.29 is 9.84 Å². The van der Waals surface area contributed by atoms with E-state index in [1.165, 1.54) is 0 Å². The molecule has 0 unspecified atom stereocenters. The Balaban J connectivity index is 1.95. The van der Waals surface area contributed by atoms with Gasteiger partial charge in [0.2, 0.25) is 0 Å². The lowest BCUT2D eigenvalue weighted by molar-refractivity contribution is 0.0383. The average Bonchev–Trinajstić information content (AvgIpc) is 2.35. The smallest absolute Gasteiger partial charge is 0.138 e. The van der Waals surface area contributed by atoms with Gasteiger partial charge >= 0.3 is 0 Å². The van der Waals surface area contributed by atoms with Gasteiger partial charge in [0.05, 0.1) is 11.8 Å². The molecule has 4 nitrogen and oxygen atoms in total. The maximum Gasteiger partial charge on any atom is 0.138 e. The summed E-state index contributed by atoms with van der Waals surface area (Å²) in [6.07, 6.45) is 2.51. The quantitative estimate of drug-likeness (QED) is 0.867. The zero-order chi connectivity index (χ0) is 12.3. The standard InChI is InChI=1S/C13H20N2O2/c1-10-3-4-13(16)12(14-10)9-15-7-5-11(17-2)6-8-15/h3-4,11,16H,5-9H2,1-2H3. The molecule has 1 aliphatic heterocycles. The largest absolute Gasteiger partial charge is 0.506 e. The minimum atomic E-state index is 0.296. The number of ether oxygens (including phenoxy) is 1. The third-order valence-electron chi connectivity index (χ3n) is 3.33. The topological polar surface area (TPSA) is 45.6 Å². The van der Waals surface area contributed by atoms with Gasteiger partial charge in [-0.05, 0) is 31.9 Å². The summed E-state index contributed by atoms with van der Waals surface area (Å²) in [5.41, 5.74) is 1.73. The Bertz CT molecular complexity index is 374. The first-order valence-electron chi connectivity index (χ1n) is 6.09. The zero-order valence-corrected chi connectivity index (χ0v) is 10.5. The van der Waals surface area contributed by atoms with Crippen molar-refractivity contribution in [3.05, 3.63) is 23.5 Å². The molecule has 0 bridgehead atoms. The summed E-state index contributed by atoms with van der Waals surface area (Å²) in [5, 5.41) is 9.75. The monoisotopic (exact) mass is 236 g/mol. The average molecular weight is 236 g/mol. The van der Waals surface area contributed by atoms with Crippen molar-refractivity contribution in [2.45, 2.75) is 32.4 Å². The lowest BCUT2D eigenvalue weighted by Crippen LogP contribution is -2.36. The van der Waals surface area contributed by atoms with Gasteiger partial charge in [0.15, 0.2) is 0 Å². The molecule has 2 rings (SSSR count). The molecule has 1 aromatic rings. The normalized spacial score (nSPS) is 18.5. The summed E-state index contributed by atoms with van der Waals surface area (Å²) in [7, 11) is 1.77. The van der Waals surface area contributed by atoms with Gasteiger partial charge in [-0.15, -0.1) is 0 Å². The predicted molar refractivity (Wildman–Crippen MR) is 65.9 cm³/mol. The Morgan fingerprint density at radius 1 is 1.41 bits per heavy atom. The van der Waals surface area contributed by atoms with Crippen LogP contribution < -0.4 is 0 Å². The van der Waals surface area contributed by atoms with Crippen molar-refractivity contribution in [2.24, 2.45) is 0 Å². The minimum Gasteiger partial charge on any atom is -0.506 e. The van der Waals surface area contributed by atoms with Crippen molar-refractivity contribution in [3.8, 4) is 5.75 Å². The van der Waals surface area contributed by atoms with Gasteiger partial charge in [0.1, 0.15) is 5.75 Å². The van der Waals surface area contributed by atoms with E-state index in [1.54, 1.807) is 13.2 Å². The molecule has 0 aliphatic carbocycles. The van der Waals surface area contributed by atoms with Gasteiger partial charge in [-0.2, -0.15) is 0 Å². The highest BCUT2D eigenvalue weighted by Crippen LogP contribution is 2.20. The van der Waals surface area contributed by atoms with E-state index in [-0.39, 0.29) is 0 Å². The molecule has 1 aliphatic rings. The summed E-state index contributed by atoms with van der Waals surface area (Å²) in [6.45, 7) is 4.69. The molecule has 4 heteroatoms. The molecule has 0 saturated carbocycles. The zero-order valence-electron chi connectivity index (χ0n) is 10.5. The third-order valence-corrected chi connectivity index (χ3v) is 3.33. The van der Waals surface area contributed by atoms with Crippen LogP contribution in [0.15, 0.2) is 12.1 Å². The van der Waals surface area contributed by atoms with E-state index in [1.807, 2.05) is 13.0 Å². The third kappa shape index (κ3) is 3.17. The summed E-state index contributed by atoms with van der Waals surface area (Å²) in [5.74, 6) is 0.296. The summed E-state index contributed by atoms with van der Waals surface area (Å²) in [6, 6.07) is 3.55. The van der Waals surface area contributed by atoms with Crippen LogP contribution in [0.1, 0.15) is 24.2 Å². The second-order valence-corrected chi connectivity index (χ2v) is 4.63.